The largest absolute Gasteiger partial charge is 0.354 e. The van der Waals surface area contributed by atoms with Crippen LogP contribution in [-0.2, 0) is 13.6 Å². The lowest BCUT2D eigenvalue weighted by Gasteiger charge is -2.34. The molecule has 7 nitrogen and oxygen atoms in total. The number of fused-ring (bicyclic) bond motifs is 1. The highest BCUT2D eigenvalue weighted by Crippen LogP contribution is 2.36. The maximum atomic E-state index is 9.88. The Morgan fingerprint density at radius 3 is 2.52 bits per heavy atom. The Labute approximate surface area is 255 Å². The third-order valence-corrected chi connectivity index (χ3v) is 9.32. The molecule has 1 N–H and O–H groups in total. The average Bonchev–Trinajstić information content (AvgIpc) is 3.42. The van der Waals surface area contributed by atoms with Crippen LogP contribution in [0.4, 0.5) is 11.4 Å². The number of piperazine rings is 1. The van der Waals surface area contributed by atoms with Crippen LogP contribution in [0.25, 0.3) is 22.0 Å². The lowest BCUT2D eigenvalue weighted by molar-refractivity contribution is 0.132. The molecule has 2 aromatic heterocycles. The Bertz CT molecular complexity index is 1770. The lowest BCUT2D eigenvalue weighted by Crippen LogP contribution is -2.45. The SMILES string of the molecule is CCN1CCN(Cc2cccc(-c3ccc4c(Nc5ccc(Sc6nccn6C)c(Cl)c5)c(C#N)cnc4c3)c2)CC1. The highest BCUT2D eigenvalue weighted by molar-refractivity contribution is 7.99. The number of nitrogens with zero attached hydrogens (tertiary/aromatic N) is 6. The summed E-state index contributed by atoms with van der Waals surface area (Å²) in [6.07, 6.45) is 5.30. The molecule has 0 spiro atoms. The minimum atomic E-state index is 0.475. The molecule has 9 heteroatoms. The van der Waals surface area contributed by atoms with E-state index in [0.717, 1.165) is 82.7 Å². The maximum absolute atomic E-state index is 9.88. The first kappa shape index (κ1) is 28.3. The van der Waals surface area contributed by atoms with Crippen molar-refractivity contribution < 1.29 is 0 Å². The van der Waals surface area contributed by atoms with Crippen molar-refractivity contribution in [2.75, 3.05) is 38.0 Å². The predicted octanol–water partition coefficient (Wildman–Crippen LogP) is 7.19. The minimum Gasteiger partial charge on any atom is -0.354 e. The quantitative estimate of drug-likeness (QED) is 0.204. The first-order chi connectivity index (χ1) is 20.5. The number of pyridine rings is 1. The maximum Gasteiger partial charge on any atom is 0.172 e. The van der Waals surface area contributed by atoms with Gasteiger partial charge < -0.3 is 14.8 Å². The number of halogens is 1. The van der Waals surface area contributed by atoms with Gasteiger partial charge in [0.25, 0.3) is 0 Å². The van der Waals surface area contributed by atoms with Crippen LogP contribution in [0.1, 0.15) is 18.1 Å². The monoisotopic (exact) mass is 593 g/mol. The normalized spacial score (nSPS) is 14.2. The molecule has 0 unspecified atom stereocenters. The summed E-state index contributed by atoms with van der Waals surface area (Å²) >= 11 is 8.16. The molecule has 42 heavy (non-hydrogen) atoms. The van der Waals surface area contributed by atoms with E-state index in [1.165, 1.54) is 17.3 Å². The summed E-state index contributed by atoms with van der Waals surface area (Å²) in [5.41, 5.74) is 6.39. The highest BCUT2D eigenvalue weighted by Gasteiger charge is 2.16. The van der Waals surface area contributed by atoms with Gasteiger partial charge in [0.1, 0.15) is 6.07 Å². The summed E-state index contributed by atoms with van der Waals surface area (Å²) in [7, 11) is 1.95. The third-order valence-electron chi connectivity index (χ3n) is 7.75. The summed E-state index contributed by atoms with van der Waals surface area (Å²) in [6, 6.07) is 23.1. The predicted molar refractivity (Wildman–Crippen MR) is 171 cm³/mol. The van der Waals surface area contributed by atoms with E-state index in [1.807, 2.05) is 42.1 Å². The summed E-state index contributed by atoms with van der Waals surface area (Å²) in [5, 5.41) is 15.7. The number of nitrogens with one attached hydrogen (secondary N) is 1. The van der Waals surface area contributed by atoms with Crippen molar-refractivity contribution in [3.05, 3.63) is 95.4 Å². The number of nitriles is 1. The lowest BCUT2D eigenvalue weighted by atomic mass is 10.00. The number of likely N-dealkylation sites (N-methyl/N-ethyl adjacent to an activating group) is 1. The van der Waals surface area contributed by atoms with E-state index in [2.05, 4.69) is 74.5 Å². The second kappa shape index (κ2) is 12.6. The van der Waals surface area contributed by atoms with Gasteiger partial charge in [-0.15, -0.1) is 0 Å². The van der Waals surface area contributed by atoms with Gasteiger partial charge in [0.05, 0.1) is 21.8 Å². The minimum absolute atomic E-state index is 0.475. The molecule has 1 aliphatic heterocycles. The van der Waals surface area contributed by atoms with Gasteiger partial charge in [-0.05, 0) is 53.6 Å². The van der Waals surface area contributed by atoms with Crippen LogP contribution < -0.4 is 5.32 Å². The van der Waals surface area contributed by atoms with Crippen molar-refractivity contribution in [1.29, 1.82) is 5.26 Å². The number of benzene rings is 3. The van der Waals surface area contributed by atoms with E-state index in [0.29, 0.717) is 10.6 Å². The molecular formula is C33H32ClN7S. The fourth-order valence-corrected chi connectivity index (χ4v) is 6.42. The van der Waals surface area contributed by atoms with Crippen molar-refractivity contribution in [3.8, 4) is 17.2 Å². The number of hydrogen-bond acceptors (Lipinski definition) is 7. The molecule has 0 amide bonds. The smallest absolute Gasteiger partial charge is 0.172 e. The molecule has 3 aromatic carbocycles. The fourth-order valence-electron chi connectivity index (χ4n) is 5.32. The van der Waals surface area contributed by atoms with Gasteiger partial charge in [-0.25, -0.2) is 4.98 Å². The van der Waals surface area contributed by atoms with Crippen molar-refractivity contribution >= 4 is 45.6 Å². The summed E-state index contributed by atoms with van der Waals surface area (Å²) in [4.78, 5) is 15.0. The van der Waals surface area contributed by atoms with E-state index in [-0.39, 0.29) is 0 Å². The van der Waals surface area contributed by atoms with Crippen molar-refractivity contribution in [1.82, 2.24) is 24.3 Å². The summed E-state index contributed by atoms with van der Waals surface area (Å²) < 4.78 is 1.95. The Balaban J connectivity index is 1.24. The van der Waals surface area contributed by atoms with Gasteiger partial charge in [-0.2, -0.15) is 5.26 Å². The Hall–Kier alpha value is -3.87. The number of anilines is 2. The van der Waals surface area contributed by atoms with E-state index in [4.69, 9.17) is 11.6 Å². The Morgan fingerprint density at radius 2 is 1.79 bits per heavy atom. The first-order valence-corrected chi connectivity index (χ1v) is 15.3. The van der Waals surface area contributed by atoms with Gasteiger partial charge >= 0.3 is 0 Å². The summed E-state index contributed by atoms with van der Waals surface area (Å²) in [6.45, 7) is 8.78. The standard InChI is InChI=1S/C33H32ClN7S/c1-3-40-13-15-41(16-14-40)22-23-5-4-6-24(17-23)25-7-9-28-30(18-25)37-21-26(20-35)32(28)38-27-8-10-31(29(34)19-27)42-33-36-11-12-39(33)2/h4-12,17-19,21H,3,13-16,22H2,1-2H3,(H,37,38). The molecule has 0 atom stereocenters. The van der Waals surface area contributed by atoms with E-state index < -0.39 is 0 Å². The number of aryl methyl sites for hydroxylation is 1. The van der Waals surface area contributed by atoms with E-state index >= 15 is 0 Å². The molecule has 5 aromatic rings. The van der Waals surface area contributed by atoms with Crippen LogP contribution in [0.2, 0.25) is 5.02 Å². The number of imidazole rings is 1. The molecule has 212 valence electrons. The number of rotatable bonds is 8. The van der Waals surface area contributed by atoms with Gasteiger partial charge in [0.15, 0.2) is 5.16 Å². The van der Waals surface area contributed by atoms with Crippen LogP contribution in [0.3, 0.4) is 0 Å². The molecule has 3 heterocycles. The van der Waals surface area contributed by atoms with Crippen LogP contribution in [0.15, 0.2) is 89.3 Å². The number of aromatic nitrogens is 3. The first-order valence-electron chi connectivity index (χ1n) is 14.1. The second-order valence-corrected chi connectivity index (χ2v) is 11.9. The fraction of sp³-hybridized carbons (Fsp3) is 0.242. The second-order valence-electron chi connectivity index (χ2n) is 10.5. The zero-order valence-electron chi connectivity index (χ0n) is 23.7. The van der Waals surface area contributed by atoms with Gasteiger partial charge in [0, 0.05) is 74.3 Å². The van der Waals surface area contributed by atoms with Crippen molar-refractivity contribution in [2.45, 2.75) is 23.5 Å². The molecule has 0 aliphatic carbocycles. The molecule has 1 saturated heterocycles. The average molecular weight is 594 g/mol. The molecule has 0 saturated carbocycles. The molecule has 6 rings (SSSR count). The van der Waals surface area contributed by atoms with Crippen molar-refractivity contribution in [3.63, 3.8) is 0 Å². The molecule has 1 fully saturated rings. The van der Waals surface area contributed by atoms with Crippen molar-refractivity contribution in [2.24, 2.45) is 7.05 Å². The molecule has 0 bridgehead atoms. The summed E-state index contributed by atoms with van der Waals surface area (Å²) in [5.74, 6) is 0. The molecule has 1 aliphatic rings. The van der Waals surface area contributed by atoms with Gasteiger partial charge in [0.2, 0.25) is 0 Å². The highest BCUT2D eigenvalue weighted by atomic mass is 35.5. The van der Waals surface area contributed by atoms with Crippen LogP contribution >= 0.6 is 23.4 Å². The number of hydrogen-bond donors (Lipinski definition) is 1. The Morgan fingerprint density at radius 1 is 0.976 bits per heavy atom. The Kier molecular flexibility index (Phi) is 8.45. The van der Waals surface area contributed by atoms with E-state index in [1.54, 1.807) is 12.4 Å². The van der Waals surface area contributed by atoms with Gasteiger partial charge in [-0.3, -0.25) is 9.88 Å². The topological polar surface area (TPSA) is 73.0 Å². The zero-order chi connectivity index (χ0) is 29.1. The van der Waals surface area contributed by atoms with Crippen LogP contribution in [0, 0.1) is 11.3 Å². The van der Waals surface area contributed by atoms with Gasteiger partial charge in [-0.1, -0.05) is 60.6 Å². The molecular weight excluding hydrogens is 562 g/mol. The van der Waals surface area contributed by atoms with Crippen LogP contribution in [0.5, 0.6) is 0 Å². The van der Waals surface area contributed by atoms with Crippen LogP contribution in [-0.4, -0.2) is 57.1 Å². The zero-order valence-corrected chi connectivity index (χ0v) is 25.3. The third kappa shape index (κ3) is 6.15. The molecule has 0 radical (unpaired) electrons. The van der Waals surface area contributed by atoms with E-state index in [9.17, 15) is 5.26 Å².